The van der Waals surface area contributed by atoms with Crippen LogP contribution < -0.4 is 20.9 Å². The number of carbonyl (C=O) groups excluding carboxylic acids is 1. The zero-order valence-electron chi connectivity index (χ0n) is 20.6. The number of pyridine rings is 1. The molecule has 3 heterocycles. The van der Waals surface area contributed by atoms with E-state index in [2.05, 4.69) is 39.4 Å². The summed E-state index contributed by atoms with van der Waals surface area (Å²) in [5, 5.41) is 4.33. The Morgan fingerprint density at radius 1 is 1.06 bits per heavy atom. The van der Waals surface area contributed by atoms with E-state index in [1.165, 1.54) is 21.8 Å². The van der Waals surface area contributed by atoms with Gasteiger partial charge in [0.1, 0.15) is 5.75 Å². The van der Waals surface area contributed by atoms with Crippen molar-refractivity contribution in [1.82, 2.24) is 9.47 Å². The molecule has 0 bridgehead atoms. The molecule has 1 aliphatic rings. The largest absolute Gasteiger partial charge is 0.494 e. The highest BCUT2D eigenvalue weighted by Gasteiger charge is 2.19. The van der Waals surface area contributed by atoms with E-state index in [1.807, 2.05) is 12.1 Å². The second-order valence-corrected chi connectivity index (χ2v) is 10.3. The lowest BCUT2D eigenvalue weighted by atomic mass is 10.1. The quantitative estimate of drug-likeness (QED) is 0.363. The summed E-state index contributed by atoms with van der Waals surface area (Å²) in [5.41, 5.74) is 7.25. The number of piperazine rings is 1. The van der Waals surface area contributed by atoms with Gasteiger partial charge < -0.3 is 15.4 Å². The first kappa shape index (κ1) is 24.5. The Morgan fingerprint density at radius 2 is 1.86 bits per heavy atom. The van der Waals surface area contributed by atoms with E-state index in [-0.39, 0.29) is 5.56 Å². The summed E-state index contributed by atoms with van der Waals surface area (Å²) in [4.78, 5) is 29.8. The van der Waals surface area contributed by atoms with Gasteiger partial charge in [-0.2, -0.15) is 0 Å². The van der Waals surface area contributed by atoms with E-state index in [4.69, 9.17) is 10.5 Å². The Kier molecular flexibility index (Phi) is 7.36. The van der Waals surface area contributed by atoms with Crippen LogP contribution in [0.2, 0.25) is 0 Å². The molecule has 7 nitrogen and oxygen atoms in total. The number of hydrogen-bond donors (Lipinski definition) is 1. The van der Waals surface area contributed by atoms with Gasteiger partial charge in [-0.3, -0.25) is 14.5 Å². The maximum Gasteiger partial charge on any atom is 0.257 e. The molecule has 1 saturated heterocycles. The van der Waals surface area contributed by atoms with E-state index < -0.39 is 11.9 Å². The van der Waals surface area contributed by atoms with Crippen LogP contribution in [0.15, 0.2) is 64.8 Å². The molecule has 0 amide bonds. The average Bonchev–Trinajstić information content (AvgIpc) is 3.37. The molecule has 1 aliphatic heterocycles. The molecule has 1 unspecified atom stereocenters. The predicted octanol–water partition coefficient (Wildman–Crippen LogP) is 4.18. The lowest BCUT2D eigenvalue weighted by Gasteiger charge is -2.36. The van der Waals surface area contributed by atoms with Crippen LogP contribution in [0, 0.1) is 0 Å². The molecule has 2 aromatic heterocycles. The molecule has 4 aromatic rings. The molecule has 0 spiro atoms. The topological polar surface area (TPSA) is 80.8 Å². The first-order valence-electron chi connectivity index (χ1n) is 12.5. The van der Waals surface area contributed by atoms with Gasteiger partial charge in [0.2, 0.25) is 0 Å². The van der Waals surface area contributed by atoms with Crippen molar-refractivity contribution < 1.29 is 9.53 Å². The molecule has 0 saturated carbocycles. The van der Waals surface area contributed by atoms with Crippen LogP contribution in [0.4, 0.5) is 5.69 Å². The number of thiophene rings is 1. The van der Waals surface area contributed by atoms with Crippen LogP contribution in [0.1, 0.15) is 24.6 Å². The average molecular weight is 505 g/mol. The number of anilines is 1. The van der Waals surface area contributed by atoms with E-state index in [0.29, 0.717) is 17.9 Å². The molecular formula is C28H32N4O3S. The first-order valence-corrected chi connectivity index (χ1v) is 13.4. The van der Waals surface area contributed by atoms with Crippen LogP contribution in [-0.4, -0.2) is 60.7 Å². The third kappa shape index (κ3) is 5.16. The summed E-state index contributed by atoms with van der Waals surface area (Å²) in [7, 11) is 0. The third-order valence-electron chi connectivity index (χ3n) is 6.80. The minimum atomic E-state index is -0.760. The molecule has 8 heteroatoms. The van der Waals surface area contributed by atoms with Crippen LogP contribution >= 0.6 is 11.3 Å². The number of nitrogens with zero attached hydrogens (tertiary/aromatic N) is 3. The number of aromatic nitrogens is 1. The third-order valence-corrected chi connectivity index (χ3v) is 7.68. The van der Waals surface area contributed by atoms with Gasteiger partial charge in [-0.1, -0.05) is 6.07 Å². The summed E-state index contributed by atoms with van der Waals surface area (Å²) in [6.07, 6.45) is 1.99. The molecule has 36 heavy (non-hydrogen) atoms. The van der Waals surface area contributed by atoms with Gasteiger partial charge in [0.15, 0.2) is 0 Å². The van der Waals surface area contributed by atoms with Crippen molar-refractivity contribution in [2.45, 2.75) is 25.8 Å². The van der Waals surface area contributed by atoms with Gasteiger partial charge in [0.25, 0.3) is 11.5 Å². The van der Waals surface area contributed by atoms with Gasteiger partial charge in [0.05, 0.1) is 18.2 Å². The van der Waals surface area contributed by atoms with Gasteiger partial charge in [-0.05, 0) is 73.5 Å². The molecule has 2 N–H and O–H groups in total. The number of unbranched alkanes of at least 4 members (excludes halogenated alkanes) is 1. The molecule has 2 aromatic carbocycles. The van der Waals surface area contributed by atoms with Crippen molar-refractivity contribution in [3.63, 3.8) is 0 Å². The van der Waals surface area contributed by atoms with Crippen LogP contribution in [0.3, 0.4) is 0 Å². The molecule has 1 fully saturated rings. The number of carbonyl (C=O) groups is 1. The summed E-state index contributed by atoms with van der Waals surface area (Å²) >= 11 is 1.80. The Morgan fingerprint density at radius 3 is 2.67 bits per heavy atom. The Labute approximate surface area is 214 Å². The second-order valence-electron chi connectivity index (χ2n) is 9.35. The van der Waals surface area contributed by atoms with Crippen molar-refractivity contribution >= 4 is 43.9 Å². The Balaban J connectivity index is 1.10. The smallest absolute Gasteiger partial charge is 0.257 e. The second kappa shape index (κ2) is 10.8. The molecule has 188 valence electrons. The summed E-state index contributed by atoms with van der Waals surface area (Å²) < 4.78 is 8.46. The van der Waals surface area contributed by atoms with Crippen molar-refractivity contribution in [3.8, 4) is 5.75 Å². The Hall–Kier alpha value is -3.20. The highest BCUT2D eigenvalue weighted by molar-refractivity contribution is 7.17. The zero-order chi connectivity index (χ0) is 25.1. The fourth-order valence-electron chi connectivity index (χ4n) is 4.83. The molecule has 1 atom stereocenters. The monoisotopic (exact) mass is 504 g/mol. The first-order chi connectivity index (χ1) is 17.5. The molecule has 0 radical (unpaired) electrons. The minimum Gasteiger partial charge on any atom is -0.494 e. The van der Waals surface area contributed by atoms with E-state index in [1.54, 1.807) is 30.4 Å². The number of nitrogens with two attached hydrogens (primary N) is 1. The van der Waals surface area contributed by atoms with Crippen LogP contribution in [0.5, 0.6) is 5.75 Å². The van der Waals surface area contributed by atoms with Crippen molar-refractivity contribution in [2.75, 3.05) is 44.2 Å². The van der Waals surface area contributed by atoms with Crippen molar-refractivity contribution in [3.05, 3.63) is 70.3 Å². The Bertz CT molecular complexity index is 1420. The number of ether oxygens (including phenoxy) is 1. The van der Waals surface area contributed by atoms with E-state index in [9.17, 15) is 9.59 Å². The highest BCUT2D eigenvalue weighted by Crippen LogP contribution is 2.31. The number of rotatable bonds is 8. The standard InChI is InChI=1S/C28H32N4O3S/c1-20(29)28(34)32-25-19-22(9-7-21(25)8-10-27(32)33)35-17-3-2-12-30-13-15-31(16-14-30)24-5-4-6-26-23(24)11-18-36-26/h4-11,18-20H,2-3,12-17,29H2,1H3. The number of hydrogen-bond acceptors (Lipinski definition) is 7. The van der Waals surface area contributed by atoms with Gasteiger partial charge in [-0.25, -0.2) is 4.57 Å². The van der Waals surface area contributed by atoms with Crippen molar-refractivity contribution in [2.24, 2.45) is 5.73 Å². The molecular weight excluding hydrogens is 472 g/mol. The van der Waals surface area contributed by atoms with Gasteiger partial charge in [0, 0.05) is 54.1 Å². The maximum atomic E-state index is 12.5. The molecule has 5 rings (SSSR count). The fourth-order valence-corrected chi connectivity index (χ4v) is 5.63. The fraction of sp³-hybridized carbons (Fsp3) is 0.357. The molecule has 0 aliphatic carbocycles. The maximum absolute atomic E-state index is 12.5. The lowest BCUT2D eigenvalue weighted by Crippen LogP contribution is -2.46. The van der Waals surface area contributed by atoms with E-state index >= 15 is 0 Å². The zero-order valence-corrected chi connectivity index (χ0v) is 21.4. The number of fused-ring (bicyclic) bond motifs is 2. The summed E-state index contributed by atoms with van der Waals surface area (Å²) in [5.74, 6) is 0.227. The van der Waals surface area contributed by atoms with E-state index in [0.717, 1.165) is 55.5 Å². The highest BCUT2D eigenvalue weighted by atomic mass is 32.1. The number of benzene rings is 2. The van der Waals surface area contributed by atoms with Gasteiger partial charge >= 0.3 is 0 Å². The minimum absolute atomic E-state index is 0.381. The summed E-state index contributed by atoms with van der Waals surface area (Å²) in [6, 6.07) is 16.7. The van der Waals surface area contributed by atoms with Crippen LogP contribution in [-0.2, 0) is 0 Å². The van der Waals surface area contributed by atoms with Crippen LogP contribution in [0.25, 0.3) is 21.0 Å². The van der Waals surface area contributed by atoms with Gasteiger partial charge in [-0.15, -0.1) is 11.3 Å². The normalized spacial score (nSPS) is 15.4. The lowest BCUT2D eigenvalue weighted by molar-refractivity contribution is 0.0888. The van der Waals surface area contributed by atoms with Crippen molar-refractivity contribution in [1.29, 1.82) is 0 Å². The predicted molar refractivity (Wildman–Crippen MR) is 148 cm³/mol. The summed E-state index contributed by atoms with van der Waals surface area (Å²) in [6.45, 7) is 7.45. The SMILES string of the molecule is CC(N)C(=O)n1c(=O)ccc2ccc(OCCCCN3CCN(c4cccc5sccc45)CC3)cc21.